The van der Waals surface area contributed by atoms with Gasteiger partial charge in [-0.25, -0.2) is 0 Å². The van der Waals surface area contributed by atoms with E-state index in [1.165, 1.54) is 0 Å². The maximum atomic E-state index is 13.6. The van der Waals surface area contributed by atoms with Gasteiger partial charge in [0.25, 0.3) is 11.7 Å². The Morgan fingerprint density at radius 2 is 1.84 bits per heavy atom. The summed E-state index contributed by atoms with van der Waals surface area (Å²) in [5.41, 5.74) is 2.23. The van der Waals surface area contributed by atoms with E-state index in [2.05, 4.69) is 18.7 Å². The summed E-state index contributed by atoms with van der Waals surface area (Å²) in [4.78, 5) is 31.1. The molecule has 2 aromatic carbocycles. The molecular weight excluding hydrogens is 548 g/mol. The molecule has 0 saturated carbocycles. The molecule has 2 unspecified atom stereocenters. The van der Waals surface area contributed by atoms with Crippen LogP contribution in [0.3, 0.4) is 0 Å². The third kappa shape index (κ3) is 6.99. The number of ether oxygens (including phenoxy) is 4. The van der Waals surface area contributed by atoms with E-state index in [1.807, 2.05) is 44.2 Å². The Morgan fingerprint density at radius 1 is 1.05 bits per heavy atom. The summed E-state index contributed by atoms with van der Waals surface area (Å²) >= 11 is 0. The molecule has 2 fully saturated rings. The van der Waals surface area contributed by atoms with Crippen LogP contribution in [-0.4, -0.2) is 85.3 Å². The fourth-order valence-corrected chi connectivity index (χ4v) is 5.96. The van der Waals surface area contributed by atoms with Crippen molar-refractivity contribution in [2.75, 3.05) is 52.6 Å². The smallest absolute Gasteiger partial charge is 0.295 e. The number of rotatable bonds is 12. The lowest BCUT2D eigenvalue weighted by atomic mass is 9.94. The van der Waals surface area contributed by atoms with Crippen LogP contribution in [-0.2, 0) is 20.7 Å². The third-order valence-corrected chi connectivity index (χ3v) is 8.22. The topological polar surface area (TPSA) is 97.8 Å². The van der Waals surface area contributed by atoms with Crippen molar-refractivity contribution in [3.05, 3.63) is 58.7 Å². The molecule has 232 valence electrons. The van der Waals surface area contributed by atoms with Gasteiger partial charge in [-0.05, 0) is 74.1 Å². The maximum absolute atomic E-state index is 13.6. The quantitative estimate of drug-likeness (QED) is 0.210. The second kappa shape index (κ2) is 13.8. The molecule has 3 heterocycles. The lowest BCUT2D eigenvalue weighted by Crippen LogP contribution is -2.39. The maximum Gasteiger partial charge on any atom is 0.295 e. The second-order valence-electron chi connectivity index (χ2n) is 11.9. The molecule has 2 aromatic rings. The number of Topliss-reactive ketones (excluding diaryl/α,β-unsaturated/α-hetero) is 1. The van der Waals surface area contributed by atoms with Gasteiger partial charge in [-0.3, -0.25) is 14.5 Å². The number of morpholine rings is 1. The molecule has 1 N–H and O–H groups in total. The molecule has 43 heavy (non-hydrogen) atoms. The Morgan fingerprint density at radius 3 is 2.58 bits per heavy atom. The van der Waals surface area contributed by atoms with Crippen molar-refractivity contribution in [3.63, 3.8) is 0 Å². The van der Waals surface area contributed by atoms with Crippen molar-refractivity contribution in [3.8, 4) is 17.2 Å². The Kier molecular flexibility index (Phi) is 9.93. The number of ketones is 1. The number of amides is 1. The highest BCUT2D eigenvalue weighted by Crippen LogP contribution is 2.43. The van der Waals surface area contributed by atoms with Gasteiger partial charge >= 0.3 is 0 Å². The third-order valence-electron chi connectivity index (χ3n) is 8.22. The molecule has 0 radical (unpaired) electrons. The number of aliphatic hydroxyl groups excluding tert-OH is 1. The average Bonchev–Trinajstić information content (AvgIpc) is 3.49. The molecule has 3 aliphatic rings. The fourth-order valence-electron chi connectivity index (χ4n) is 5.96. The number of carbonyl (C=O) groups is 2. The van der Waals surface area contributed by atoms with E-state index in [0.29, 0.717) is 74.4 Å². The zero-order valence-corrected chi connectivity index (χ0v) is 25.8. The minimum Gasteiger partial charge on any atom is -0.507 e. The van der Waals surface area contributed by atoms with Gasteiger partial charge in [0.2, 0.25) is 0 Å². The number of carbonyl (C=O) groups excluding carboxylic acids is 2. The number of fused-ring (bicyclic) bond motifs is 1. The van der Waals surface area contributed by atoms with Crippen LogP contribution in [0.2, 0.25) is 0 Å². The van der Waals surface area contributed by atoms with Crippen molar-refractivity contribution >= 4 is 17.4 Å². The first-order valence-electron chi connectivity index (χ1n) is 15.5. The van der Waals surface area contributed by atoms with E-state index in [4.69, 9.17) is 18.9 Å². The van der Waals surface area contributed by atoms with Crippen LogP contribution in [0.4, 0.5) is 0 Å². The van der Waals surface area contributed by atoms with Gasteiger partial charge in [0.05, 0.1) is 38.0 Å². The van der Waals surface area contributed by atoms with Crippen LogP contribution in [0.5, 0.6) is 17.2 Å². The Balaban J connectivity index is 1.50. The number of hydrogen-bond acceptors (Lipinski definition) is 8. The molecule has 5 rings (SSSR count). The number of nitrogens with zero attached hydrogens (tertiary/aromatic N) is 2. The molecule has 3 aliphatic heterocycles. The predicted molar refractivity (Wildman–Crippen MR) is 164 cm³/mol. The Labute approximate surface area is 254 Å². The minimum absolute atomic E-state index is 0.0442. The number of benzene rings is 2. The molecule has 0 aliphatic carbocycles. The Hall–Kier alpha value is -3.56. The number of hydrogen-bond donors (Lipinski definition) is 1. The zero-order valence-electron chi connectivity index (χ0n) is 25.8. The first kappa shape index (κ1) is 30.9. The minimum atomic E-state index is -0.767. The highest BCUT2D eigenvalue weighted by molar-refractivity contribution is 6.46. The van der Waals surface area contributed by atoms with Crippen molar-refractivity contribution in [2.24, 2.45) is 5.92 Å². The lowest BCUT2D eigenvalue weighted by molar-refractivity contribution is -0.140. The molecule has 2 saturated heterocycles. The lowest BCUT2D eigenvalue weighted by Gasteiger charge is -2.29. The van der Waals surface area contributed by atoms with Gasteiger partial charge in [0, 0.05) is 38.2 Å². The van der Waals surface area contributed by atoms with Crippen LogP contribution >= 0.6 is 0 Å². The van der Waals surface area contributed by atoms with Gasteiger partial charge in [-0.15, -0.1) is 0 Å². The molecule has 9 heteroatoms. The molecule has 1 amide bonds. The van der Waals surface area contributed by atoms with Crippen LogP contribution in [0.15, 0.2) is 42.0 Å². The molecule has 0 bridgehead atoms. The van der Waals surface area contributed by atoms with Gasteiger partial charge in [-0.2, -0.15) is 0 Å². The molecule has 0 spiro atoms. The van der Waals surface area contributed by atoms with Gasteiger partial charge in [0.1, 0.15) is 17.6 Å². The fraction of sp³-hybridized carbons (Fsp3) is 0.529. The first-order valence-corrected chi connectivity index (χ1v) is 15.5. The standard InChI is InChI=1S/C34H44N2O7/c1-5-41-29-21-24(7-10-28(29)42-16-11-22(2)3)31-30(32(37)25-8-9-27-26(20-25)19-23(4)43-27)33(38)34(39)36(31)13-6-12-35-14-17-40-18-15-35/h7-10,20-23,31,37H,5-6,11-19H2,1-4H3/b32-30-. The average molecular weight is 593 g/mol. The van der Waals surface area contributed by atoms with Crippen molar-refractivity contribution in [1.29, 1.82) is 0 Å². The molecular formula is C34H44N2O7. The van der Waals surface area contributed by atoms with E-state index < -0.39 is 17.7 Å². The summed E-state index contributed by atoms with van der Waals surface area (Å²) in [6, 6.07) is 10.2. The Bertz CT molecular complexity index is 1350. The predicted octanol–water partition coefficient (Wildman–Crippen LogP) is 4.98. The largest absolute Gasteiger partial charge is 0.507 e. The molecule has 0 aromatic heterocycles. The highest BCUT2D eigenvalue weighted by atomic mass is 16.5. The van der Waals surface area contributed by atoms with Gasteiger partial charge in [-0.1, -0.05) is 19.9 Å². The second-order valence-corrected chi connectivity index (χ2v) is 11.9. The van der Waals surface area contributed by atoms with E-state index in [-0.39, 0.29) is 17.4 Å². The molecule has 2 atom stereocenters. The summed E-state index contributed by atoms with van der Waals surface area (Å²) in [7, 11) is 0. The van der Waals surface area contributed by atoms with Crippen LogP contribution < -0.4 is 14.2 Å². The van der Waals surface area contributed by atoms with E-state index in [1.54, 1.807) is 11.0 Å². The monoisotopic (exact) mass is 592 g/mol. The molecule has 9 nitrogen and oxygen atoms in total. The van der Waals surface area contributed by atoms with E-state index in [0.717, 1.165) is 37.4 Å². The van der Waals surface area contributed by atoms with Crippen LogP contribution in [0, 0.1) is 5.92 Å². The summed E-state index contributed by atoms with van der Waals surface area (Å²) in [6.07, 6.45) is 2.35. The van der Waals surface area contributed by atoms with E-state index in [9.17, 15) is 14.7 Å². The SMILES string of the molecule is CCOc1cc(C2/C(=C(/O)c3ccc4c(c3)CC(C)O4)C(=O)C(=O)N2CCCN2CCOCC2)ccc1OCCC(C)C. The normalized spacial score (nSPS) is 21.7. The summed E-state index contributed by atoms with van der Waals surface area (Å²) in [5.74, 6) is 0.960. The number of aliphatic hydroxyl groups is 1. The first-order chi connectivity index (χ1) is 20.8. The highest BCUT2D eigenvalue weighted by Gasteiger charge is 2.46. The number of likely N-dealkylation sites (tertiary alicyclic amines) is 1. The van der Waals surface area contributed by atoms with Crippen molar-refractivity contribution in [1.82, 2.24) is 9.80 Å². The van der Waals surface area contributed by atoms with Crippen LogP contribution in [0.1, 0.15) is 63.3 Å². The summed E-state index contributed by atoms with van der Waals surface area (Å²) in [5, 5.41) is 11.6. The van der Waals surface area contributed by atoms with Crippen LogP contribution in [0.25, 0.3) is 5.76 Å². The van der Waals surface area contributed by atoms with Gasteiger partial charge < -0.3 is 29.0 Å². The zero-order chi connectivity index (χ0) is 30.5. The van der Waals surface area contributed by atoms with Gasteiger partial charge in [0.15, 0.2) is 11.5 Å². The van der Waals surface area contributed by atoms with Crippen molar-refractivity contribution < 1.29 is 33.6 Å². The summed E-state index contributed by atoms with van der Waals surface area (Å²) < 4.78 is 23.3. The summed E-state index contributed by atoms with van der Waals surface area (Å²) in [6.45, 7) is 13.4. The van der Waals surface area contributed by atoms with E-state index >= 15 is 0 Å². The van der Waals surface area contributed by atoms with Crippen molar-refractivity contribution in [2.45, 2.75) is 59.1 Å².